The number of carbonyl (C=O) groups is 1. The van der Waals surface area contributed by atoms with E-state index in [4.69, 9.17) is 10.9 Å². The van der Waals surface area contributed by atoms with Crippen molar-refractivity contribution in [2.45, 2.75) is 0 Å². The average Bonchev–Trinajstić information content (AvgIpc) is 2.16. The van der Waals surface area contributed by atoms with E-state index in [1.165, 1.54) is 11.5 Å². The summed E-state index contributed by atoms with van der Waals surface area (Å²) in [6, 6.07) is 4.71. The lowest BCUT2D eigenvalue weighted by molar-refractivity contribution is 0.0706. The summed E-state index contributed by atoms with van der Waals surface area (Å²) in [4.78, 5) is 10.9. The highest BCUT2D eigenvalue weighted by atomic mass is 16.5. The second kappa shape index (κ2) is 3.77. The molecule has 1 aromatic carbocycles. The van der Waals surface area contributed by atoms with Gasteiger partial charge in [0.15, 0.2) is 0 Å². The molecule has 70 valence electrons. The predicted molar refractivity (Wildman–Crippen MR) is 49.7 cm³/mol. The summed E-state index contributed by atoms with van der Waals surface area (Å²) >= 11 is 0. The van der Waals surface area contributed by atoms with Crippen LogP contribution in [0.5, 0.6) is 0 Å². The second-order valence-electron chi connectivity index (χ2n) is 2.49. The first kappa shape index (κ1) is 9.34. The van der Waals surface area contributed by atoms with Gasteiger partial charge in [-0.1, -0.05) is 0 Å². The number of nitrogens with two attached hydrogens (primary N) is 1. The van der Waals surface area contributed by atoms with Crippen molar-refractivity contribution >= 4 is 17.3 Å². The highest BCUT2D eigenvalue weighted by Gasteiger charge is 2.05. The van der Waals surface area contributed by atoms with Gasteiger partial charge >= 0.3 is 0 Å². The zero-order chi connectivity index (χ0) is 9.84. The van der Waals surface area contributed by atoms with Gasteiger partial charge in [0.25, 0.3) is 5.91 Å². The molecular weight excluding hydrogens is 170 g/mol. The van der Waals surface area contributed by atoms with Crippen LogP contribution in [-0.4, -0.2) is 18.2 Å². The third-order valence-electron chi connectivity index (χ3n) is 1.68. The SMILES string of the molecule is CNc1ccc(C(=O)NO)cc1N. The van der Waals surface area contributed by atoms with Crippen LogP contribution in [0.25, 0.3) is 0 Å². The number of amides is 1. The van der Waals surface area contributed by atoms with Gasteiger partial charge in [-0.25, -0.2) is 5.48 Å². The van der Waals surface area contributed by atoms with E-state index in [-0.39, 0.29) is 0 Å². The van der Waals surface area contributed by atoms with Crippen LogP contribution in [0.4, 0.5) is 11.4 Å². The van der Waals surface area contributed by atoms with Crippen molar-refractivity contribution in [3.05, 3.63) is 23.8 Å². The van der Waals surface area contributed by atoms with Gasteiger partial charge in [-0.05, 0) is 18.2 Å². The van der Waals surface area contributed by atoms with Gasteiger partial charge in [0.1, 0.15) is 0 Å². The Kier molecular flexibility index (Phi) is 2.71. The van der Waals surface area contributed by atoms with Gasteiger partial charge in [0, 0.05) is 12.6 Å². The van der Waals surface area contributed by atoms with E-state index in [0.717, 1.165) is 5.69 Å². The summed E-state index contributed by atoms with van der Waals surface area (Å²) < 4.78 is 0. The molecule has 0 saturated heterocycles. The minimum atomic E-state index is -0.575. The molecule has 0 aliphatic heterocycles. The molecule has 0 unspecified atom stereocenters. The molecule has 5 heteroatoms. The van der Waals surface area contributed by atoms with Crippen molar-refractivity contribution < 1.29 is 10.0 Å². The topological polar surface area (TPSA) is 87.4 Å². The van der Waals surface area contributed by atoms with E-state index in [1.54, 1.807) is 19.2 Å². The molecule has 1 amide bonds. The molecule has 0 spiro atoms. The van der Waals surface area contributed by atoms with Gasteiger partial charge in [-0.15, -0.1) is 0 Å². The molecule has 1 aromatic rings. The quantitative estimate of drug-likeness (QED) is 0.302. The van der Waals surface area contributed by atoms with E-state index in [9.17, 15) is 4.79 Å². The van der Waals surface area contributed by atoms with E-state index >= 15 is 0 Å². The minimum Gasteiger partial charge on any atom is -0.397 e. The van der Waals surface area contributed by atoms with Crippen molar-refractivity contribution in [1.29, 1.82) is 0 Å². The van der Waals surface area contributed by atoms with Crippen molar-refractivity contribution in [2.75, 3.05) is 18.1 Å². The Morgan fingerprint density at radius 1 is 1.54 bits per heavy atom. The number of benzene rings is 1. The Bertz CT molecular complexity index is 325. The monoisotopic (exact) mass is 181 g/mol. The Morgan fingerprint density at radius 3 is 2.69 bits per heavy atom. The maximum atomic E-state index is 10.9. The number of nitrogen functional groups attached to an aromatic ring is 1. The highest BCUT2D eigenvalue weighted by molar-refractivity contribution is 5.95. The van der Waals surface area contributed by atoms with Crippen LogP contribution in [0.1, 0.15) is 10.4 Å². The molecule has 13 heavy (non-hydrogen) atoms. The molecule has 0 heterocycles. The minimum absolute atomic E-state index is 0.319. The van der Waals surface area contributed by atoms with E-state index in [0.29, 0.717) is 11.3 Å². The summed E-state index contributed by atoms with van der Waals surface area (Å²) in [6.07, 6.45) is 0. The van der Waals surface area contributed by atoms with Gasteiger partial charge in [0.05, 0.1) is 11.4 Å². The lowest BCUT2D eigenvalue weighted by Gasteiger charge is -2.05. The number of hydrogen-bond acceptors (Lipinski definition) is 4. The van der Waals surface area contributed by atoms with Crippen molar-refractivity contribution in [3.63, 3.8) is 0 Å². The van der Waals surface area contributed by atoms with Crippen LogP contribution < -0.4 is 16.5 Å². The first-order valence-electron chi connectivity index (χ1n) is 3.70. The third kappa shape index (κ3) is 1.88. The number of nitrogens with one attached hydrogen (secondary N) is 2. The maximum Gasteiger partial charge on any atom is 0.274 e. The molecule has 5 N–H and O–H groups in total. The van der Waals surface area contributed by atoms with Crippen molar-refractivity contribution in [1.82, 2.24) is 5.48 Å². The van der Waals surface area contributed by atoms with Crippen LogP contribution in [-0.2, 0) is 0 Å². The number of hydroxylamine groups is 1. The third-order valence-corrected chi connectivity index (χ3v) is 1.68. The van der Waals surface area contributed by atoms with Crippen LogP contribution in [0.2, 0.25) is 0 Å². The first-order chi connectivity index (χ1) is 6.19. The number of anilines is 2. The summed E-state index contributed by atoms with van der Waals surface area (Å²) in [5, 5.41) is 11.2. The molecule has 0 aromatic heterocycles. The Morgan fingerprint density at radius 2 is 2.23 bits per heavy atom. The largest absolute Gasteiger partial charge is 0.397 e. The average molecular weight is 181 g/mol. The molecule has 0 bridgehead atoms. The van der Waals surface area contributed by atoms with Gasteiger partial charge in [0.2, 0.25) is 0 Å². The fourth-order valence-corrected chi connectivity index (χ4v) is 0.996. The van der Waals surface area contributed by atoms with Crippen LogP contribution in [0.3, 0.4) is 0 Å². The first-order valence-corrected chi connectivity index (χ1v) is 3.70. The maximum absolute atomic E-state index is 10.9. The number of hydrogen-bond donors (Lipinski definition) is 4. The fraction of sp³-hybridized carbons (Fsp3) is 0.125. The van der Waals surface area contributed by atoms with Gasteiger partial charge in [-0.2, -0.15) is 0 Å². The van der Waals surface area contributed by atoms with Gasteiger partial charge < -0.3 is 11.1 Å². The van der Waals surface area contributed by atoms with Crippen molar-refractivity contribution in [3.8, 4) is 0 Å². The zero-order valence-corrected chi connectivity index (χ0v) is 7.16. The van der Waals surface area contributed by atoms with E-state index in [2.05, 4.69) is 5.32 Å². The molecular formula is C8H11N3O2. The molecule has 5 nitrogen and oxygen atoms in total. The van der Waals surface area contributed by atoms with Gasteiger partial charge in [-0.3, -0.25) is 10.0 Å². The Labute approximate surface area is 75.5 Å². The molecule has 0 aliphatic carbocycles. The van der Waals surface area contributed by atoms with Crippen LogP contribution in [0.15, 0.2) is 18.2 Å². The predicted octanol–water partition coefficient (Wildman–Crippen LogP) is 0.429. The Balaban J connectivity index is 3.02. The summed E-state index contributed by atoms with van der Waals surface area (Å²) in [7, 11) is 1.73. The molecule has 0 saturated carbocycles. The fourth-order valence-electron chi connectivity index (χ4n) is 0.996. The summed E-state index contributed by atoms with van der Waals surface area (Å²) in [5.74, 6) is -0.575. The molecule has 1 rings (SSSR count). The molecule has 0 radical (unpaired) electrons. The summed E-state index contributed by atoms with van der Waals surface area (Å²) in [5.41, 5.74) is 8.66. The standard InChI is InChI=1S/C8H11N3O2/c1-10-7-3-2-5(4-6(7)9)8(12)11-13/h2-4,10,13H,9H2,1H3,(H,11,12). The van der Waals surface area contributed by atoms with E-state index in [1.807, 2.05) is 0 Å². The van der Waals surface area contributed by atoms with Crippen LogP contribution in [0, 0.1) is 0 Å². The zero-order valence-electron chi connectivity index (χ0n) is 7.16. The second-order valence-corrected chi connectivity index (χ2v) is 2.49. The van der Waals surface area contributed by atoms with Crippen LogP contribution >= 0.6 is 0 Å². The van der Waals surface area contributed by atoms with Crippen molar-refractivity contribution in [2.24, 2.45) is 0 Å². The number of rotatable bonds is 2. The Hall–Kier alpha value is -1.75. The molecule has 0 aliphatic rings. The smallest absolute Gasteiger partial charge is 0.274 e. The number of carbonyl (C=O) groups excluding carboxylic acids is 1. The molecule has 0 atom stereocenters. The summed E-state index contributed by atoms with van der Waals surface area (Å²) in [6.45, 7) is 0. The molecule has 0 fully saturated rings. The lowest BCUT2D eigenvalue weighted by atomic mass is 10.1. The normalized spacial score (nSPS) is 9.38. The highest BCUT2D eigenvalue weighted by Crippen LogP contribution is 2.18. The lowest BCUT2D eigenvalue weighted by Crippen LogP contribution is -2.18. The van der Waals surface area contributed by atoms with E-state index < -0.39 is 5.91 Å².